The summed E-state index contributed by atoms with van der Waals surface area (Å²) in [6.07, 6.45) is 2.53. The van der Waals surface area contributed by atoms with E-state index in [2.05, 4.69) is 10.7 Å². The summed E-state index contributed by atoms with van der Waals surface area (Å²) in [6, 6.07) is 6.16. The minimum Gasteiger partial charge on any atom is -0.478 e. The molecule has 3 nitrogen and oxygen atoms in total. The van der Waals surface area contributed by atoms with Gasteiger partial charge in [0.25, 0.3) is 0 Å². The summed E-state index contributed by atoms with van der Waals surface area (Å²) in [4.78, 5) is 11.1. The molecule has 0 amide bonds. The van der Waals surface area contributed by atoms with E-state index in [0.29, 0.717) is 11.6 Å². The average Bonchev–Trinajstić information content (AvgIpc) is 3.06. The maximum Gasteiger partial charge on any atom is 0.337 e. The minimum absolute atomic E-state index is 0.408. The summed E-state index contributed by atoms with van der Waals surface area (Å²) in [5.41, 5.74) is 1.62. The van der Waals surface area contributed by atoms with Gasteiger partial charge in [0.2, 0.25) is 0 Å². The highest BCUT2D eigenvalue weighted by Gasteiger charge is 2.21. The second kappa shape index (κ2) is 4.13. The van der Waals surface area contributed by atoms with Crippen molar-refractivity contribution in [1.82, 2.24) is 5.32 Å². The van der Waals surface area contributed by atoms with Crippen molar-refractivity contribution in [2.24, 2.45) is 0 Å². The van der Waals surface area contributed by atoms with Crippen LogP contribution in [0, 0.1) is 0 Å². The molecule has 0 radical (unpaired) electrons. The van der Waals surface area contributed by atoms with Gasteiger partial charge in [-0.2, -0.15) is 0 Å². The van der Waals surface area contributed by atoms with Crippen LogP contribution >= 0.6 is 11.3 Å². The highest BCUT2D eigenvalue weighted by molar-refractivity contribution is 7.17. The first-order valence-corrected chi connectivity index (χ1v) is 6.59. The molecule has 17 heavy (non-hydrogen) atoms. The Hall–Kier alpha value is -1.39. The third-order valence-electron chi connectivity index (χ3n) is 3.07. The van der Waals surface area contributed by atoms with Crippen LogP contribution in [0.3, 0.4) is 0 Å². The molecule has 2 aromatic rings. The molecule has 0 atom stereocenters. The molecule has 1 aromatic heterocycles. The van der Waals surface area contributed by atoms with Gasteiger partial charge >= 0.3 is 5.97 Å². The zero-order valence-corrected chi connectivity index (χ0v) is 10.1. The van der Waals surface area contributed by atoms with E-state index in [-0.39, 0.29) is 0 Å². The number of hydrogen-bond acceptors (Lipinski definition) is 3. The molecule has 88 valence electrons. The Bertz CT molecular complexity index is 572. The molecule has 1 aliphatic rings. The lowest BCUT2D eigenvalue weighted by molar-refractivity contribution is 0.0699. The average molecular weight is 247 g/mol. The van der Waals surface area contributed by atoms with Crippen LogP contribution < -0.4 is 5.32 Å². The molecule has 1 fully saturated rings. The second-order valence-electron chi connectivity index (χ2n) is 4.40. The van der Waals surface area contributed by atoms with Gasteiger partial charge in [-0.15, -0.1) is 11.3 Å². The van der Waals surface area contributed by atoms with Gasteiger partial charge in [0.05, 0.1) is 5.56 Å². The van der Waals surface area contributed by atoms with Gasteiger partial charge in [-0.1, -0.05) is 12.1 Å². The molecule has 0 bridgehead atoms. The topological polar surface area (TPSA) is 49.3 Å². The number of fused-ring (bicyclic) bond motifs is 1. The molecule has 0 saturated heterocycles. The summed E-state index contributed by atoms with van der Waals surface area (Å²) in [5, 5.41) is 15.7. The number of aromatic carboxylic acids is 1. The number of benzene rings is 1. The van der Waals surface area contributed by atoms with Crippen LogP contribution in [0.25, 0.3) is 10.1 Å². The Kier molecular flexibility index (Phi) is 2.61. The number of thiophene rings is 1. The Morgan fingerprint density at radius 3 is 3.00 bits per heavy atom. The number of carbonyl (C=O) groups is 1. The first-order valence-electron chi connectivity index (χ1n) is 5.71. The van der Waals surface area contributed by atoms with Crippen LogP contribution in [0.2, 0.25) is 0 Å². The van der Waals surface area contributed by atoms with Crippen molar-refractivity contribution >= 4 is 27.4 Å². The fourth-order valence-electron chi connectivity index (χ4n) is 1.96. The van der Waals surface area contributed by atoms with Crippen molar-refractivity contribution in [1.29, 1.82) is 0 Å². The molecule has 0 spiro atoms. The smallest absolute Gasteiger partial charge is 0.337 e. The van der Waals surface area contributed by atoms with Crippen molar-refractivity contribution in [2.75, 3.05) is 0 Å². The van der Waals surface area contributed by atoms with Crippen LogP contribution in [-0.2, 0) is 6.54 Å². The van der Waals surface area contributed by atoms with Crippen LogP contribution in [-0.4, -0.2) is 17.1 Å². The minimum atomic E-state index is -0.848. The fourth-order valence-corrected chi connectivity index (χ4v) is 3.04. The number of nitrogens with one attached hydrogen (secondary N) is 1. The van der Waals surface area contributed by atoms with E-state index in [1.807, 2.05) is 12.1 Å². The zero-order valence-electron chi connectivity index (χ0n) is 9.27. The molecule has 4 heteroatoms. The molecule has 1 saturated carbocycles. The Labute approximate surface area is 103 Å². The van der Waals surface area contributed by atoms with Crippen molar-refractivity contribution in [2.45, 2.75) is 25.4 Å². The number of hydrogen-bond donors (Lipinski definition) is 2. The highest BCUT2D eigenvalue weighted by Crippen LogP contribution is 2.30. The lowest BCUT2D eigenvalue weighted by Gasteiger charge is -2.02. The van der Waals surface area contributed by atoms with Gasteiger partial charge < -0.3 is 10.4 Å². The van der Waals surface area contributed by atoms with E-state index in [9.17, 15) is 4.79 Å². The number of carboxylic acid groups (broad SMARTS) is 1. The van der Waals surface area contributed by atoms with Crippen LogP contribution in [0.5, 0.6) is 0 Å². The lowest BCUT2D eigenvalue weighted by Crippen LogP contribution is -2.14. The largest absolute Gasteiger partial charge is 0.478 e. The van der Waals surface area contributed by atoms with Gasteiger partial charge in [0, 0.05) is 17.3 Å². The van der Waals surface area contributed by atoms with E-state index in [4.69, 9.17) is 5.11 Å². The summed E-state index contributed by atoms with van der Waals surface area (Å²) in [5.74, 6) is -0.848. The SMILES string of the molecule is O=C(O)c1cccc2c(CNC3CC3)csc12. The standard InChI is InChI=1S/C13H13NO2S/c15-13(16)11-3-1-2-10-8(7-17-12(10)11)6-14-9-4-5-9/h1-3,7,9,14H,4-6H2,(H,15,16). The van der Waals surface area contributed by atoms with E-state index < -0.39 is 5.97 Å². The lowest BCUT2D eigenvalue weighted by atomic mass is 10.1. The predicted molar refractivity (Wildman–Crippen MR) is 68.6 cm³/mol. The quantitative estimate of drug-likeness (QED) is 0.873. The molecule has 1 aromatic carbocycles. The summed E-state index contributed by atoms with van der Waals surface area (Å²) in [6.45, 7) is 0.841. The van der Waals surface area contributed by atoms with E-state index in [0.717, 1.165) is 16.6 Å². The summed E-state index contributed by atoms with van der Waals surface area (Å²) < 4.78 is 0.882. The van der Waals surface area contributed by atoms with Crippen LogP contribution in [0.4, 0.5) is 0 Å². The highest BCUT2D eigenvalue weighted by atomic mass is 32.1. The van der Waals surface area contributed by atoms with Gasteiger partial charge in [-0.05, 0) is 35.2 Å². The van der Waals surface area contributed by atoms with Gasteiger partial charge in [-0.3, -0.25) is 0 Å². The van der Waals surface area contributed by atoms with Gasteiger partial charge in [-0.25, -0.2) is 4.79 Å². The van der Waals surface area contributed by atoms with Gasteiger partial charge in [0.15, 0.2) is 0 Å². The third-order valence-corrected chi connectivity index (χ3v) is 4.15. The van der Waals surface area contributed by atoms with Crippen molar-refractivity contribution in [3.8, 4) is 0 Å². The van der Waals surface area contributed by atoms with E-state index in [1.54, 1.807) is 6.07 Å². The maximum atomic E-state index is 11.1. The molecule has 2 N–H and O–H groups in total. The number of rotatable bonds is 4. The Balaban J connectivity index is 1.96. The second-order valence-corrected chi connectivity index (χ2v) is 5.28. The summed E-state index contributed by atoms with van der Waals surface area (Å²) in [7, 11) is 0. The van der Waals surface area contributed by atoms with Crippen LogP contribution in [0.15, 0.2) is 23.6 Å². The molecule has 0 aliphatic heterocycles. The van der Waals surface area contributed by atoms with Crippen molar-refractivity contribution in [3.05, 3.63) is 34.7 Å². The Morgan fingerprint density at radius 1 is 1.47 bits per heavy atom. The molecule has 1 aliphatic carbocycles. The molecule has 0 unspecified atom stereocenters. The van der Waals surface area contributed by atoms with E-state index >= 15 is 0 Å². The van der Waals surface area contributed by atoms with Crippen LogP contribution in [0.1, 0.15) is 28.8 Å². The maximum absolute atomic E-state index is 11.1. The zero-order chi connectivity index (χ0) is 11.8. The molecular formula is C13H13NO2S. The normalized spacial score (nSPS) is 15.3. The molecular weight excluding hydrogens is 234 g/mol. The summed E-state index contributed by atoms with van der Waals surface area (Å²) >= 11 is 1.52. The first-order chi connectivity index (χ1) is 8.25. The monoisotopic (exact) mass is 247 g/mol. The first kappa shape index (κ1) is 10.7. The predicted octanol–water partition coefficient (Wildman–Crippen LogP) is 2.85. The van der Waals surface area contributed by atoms with Crippen molar-refractivity contribution < 1.29 is 9.90 Å². The van der Waals surface area contributed by atoms with Crippen molar-refractivity contribution in [3.63, 3.8) is 0 Å². The molecule has 1 heterocycles. The number of carboxylic acids is 1. The third kappa shape index (κ3) is 2.06. The fraction of sp³-hybridized carbons (Fsp3) is 0.308. The Morgan fingerprint density at radius 2 is 2.29 bits per heavy atom. The van der Waals surface area contributed by atoms with Gasteiger partial charge in [0.1, 0.15) is 0 Å². The molecule has 3 rings (SSSR count). The van der Waals surface area contributed by atoms with E-state index in [1.165, 1.54) is 29.7 Å².